The van der Waals surface area contributed by atoms with Gasteiger partial charge in [0.15, 0.2) is 0 Å². The molecule has 122 valence electrons. The van der Waals surface area contributed by atoms with Crippen molar-refractivity contribution < 1.29 is 47.4 Å². The molecule has 2 atom stereocenters. The number of rotatable bonds is 6. The summed E-state index contributed by atoms with van der Waals surface area (Å²) in [5, 5.41) is 18.2. The van der Waals surface area contributed by atoms with Gasteiger partial charge in [0.1, 0.15) is 0 Å². The van der Waals surface area contributed by atoms with Crippen LogP contribution >= 0.6 is 0 Å². The second kappa shape index (κ2) is 8.06. The van der Waals surface area contributed by atoms with Crippen LogP contribution in [0.5, 0.6) is 0 Å². The highest BCUT2D eigenvalue weighted by molar-refractivity contribution is 6.37. The zero-order valence-corrected chi connectivity index (χ0v) is 11.9. The number of hydrogen-bond donors (Lipinski definition) is 2. The molecule has 0 aromatic rings. The zero-order valence-electron chi connectivity index (χ0n) is 11.9. The molecule has 3 aliphatic heterocycles. The molecule has 0 bridgehead atoms. The Kier molecular flexibility index (Phi) is 6.10. The van der Waals surface area contributed by atoms with Gasteiger partial charge in [-0.05, 0) is 0 Å². The lowest BCUT2D eigenvalue weighted by molar-refractivity contribution is -0.0375. The van der Waals surface area contributed by atoms with Crippen molar-refractivity contribution in [1.82, 2.24) is 0 Å². The van der Waals surface area contributed by atoms with Crippen LogP contribution in [0, 0.1) is 0 Å². The SMILES string of the molecule is OB1OCC(COB2OCC(COB3OCC(O)CO3)O2)O1. The van der Waals surface area contributed by atoms with E-state index in [1.807, 2.05) is 0 Å². The summed E-state index contributed by atoms with van der Waals surface area (Å²) in [5.74, 6) is 0. The smallest absolute Gasteiger partial charge is 0.402 e. The van der Waals surface area contributed by atoms with Gasteiger partial charge in [-0.2, -0.15) is 0 Å². The van der Waals surface area contributed by atoms with Crippen LogP contribution in [0.2, 0.25) is 0 Å². The Morgan fingerprint density at radius 3 is 2.09 bits per heavy atom. The standard InChI is InChI=1S/C9H17B3O10/c13-7-1-16-11(17-2-7)18-5-9-6-20-12(22-9)19-4-8-3-15-10(14)21-8/h7-9,13-14H,1-6H2. The minimum absolute atomic E-state index is 0.174. The molecule has 3 saturated heterocycles. The van der Waals surface area contributed by atoms with Gasteiger partial charge in [0.2, 0.25) is 0 Å². The molecule has 0 aromatic heterocycles. The predicted octanol–water partition coefficient (Wildman–Crippen LogP) is -2.79. The van der Waals surface area contributed by atoms with Crippen LogP contribution in [-0.2, 0) is 37.2 Å². The Hall–Kier alpha value is -0.205. The van der Waals surface area contributed by atoms with Crippen LogP contribution < -0.4 is 0 Å². The second-order valence-corrected chi connectivity index (χ2v) is 5.05. The molecule has 0 saturated carbocycles. The molecule has 3 fully saturated rings. The van der Waals surface area contributed by atoms with Crippen LogP contribution in [0.3, 0.4) is 0 Å². The Morgan fingerprint density at radius 1 is 0.818 bits per heavy atom. The van der Waals surface area contributed by atoms with Crippen LogP contribution in [0.1, 0.15) is 0 Å². The Labute approximate surface area is 128 Å². The van der Waals surface area contributed by atoms with E-state index in [0.29, 0.717) is 6.61 Å². The summed E-state index contributed by atoms with van der Waals surface area (Å²) in [6, 6.07) is 0. The normalized spacial score (nSPS) is 30.5. The molecule has 0 aromatic carbocycles. The van der Waals surface area contributed by atoms with Crippen LogP contribution in [0.25, 0.3) is 0 Å². The van der Waals surface area contributed by atoms with E-state index in [1.165, 1.54) is 0 Å². The maximum Gasteiger partial charge on any atom is 0.639 e. The molecule has 10 nitrogen and oxygen atoms in total. The van der Waals surface area contributed by atoms with E-state index in [1.54, 1.807) is 0 Å². The van der Waals surface area contributed by atoms with E-state index in [9.17, 15) is 5.11 Å². The Morgan fingerprint density at radius 2 is 1.41 bits per heavy atom. The maximum absolute atomic E-state index is 9.21. The summed E-state index contributed by atoms with van der Waals surface area (Å²) < 4.78 is 41.6. The highest BCUT2D eigenvalue weighted by Gasteiger charge is 2.38. The van der Waals surface area contributed by atoms with Gasteiger partial charge in [0, 0.05) is 0 Å². The lowest BCUT2D eigenvalue weighted by Crippen LogP contribution is -2.42. The molecule has 13 heteroatoms. The first-order valence-electron chi connectivity index (χ1n) is 7.05. The van der Waals surface area contributed by atoms with Gasteiger partial charge in [-0.15, -0.1) is 0 Å². The third kappa shape index (κ3) is 4.90. The highest BCUT2D eigenvalue weighted by Crippen LogP contribution is 2.14. The molecule has 22 heavy (non-hydrogen) atoms. The predicted molar refractivity (Wildman–Crippen MR) is 70.9 cm³/mol. The molecule has 0 radical (unpaired) electrons. The summed E-state index contributed by atoms with van der Waals surface area (Å²) in [7, 11) is -2.82. The first-order chi connectivity index (χ1) is 10.7. The monoisotopic (exact) mass is 318 g/mol. The van der Waals surface area contributed by atoms with Gasteiger partial charge >= 0.3 is 22.0 Å². The molecular formula is C9H17B3O10. The molecule has 0 amide bonds. The van der Waals surface area contributed by atoms with E-state index < -0.39 is 28.1 Å². The van der Waals surface area contributed by atoms with Gasteiger partial charge < -0.3 is 47.4 Å². The molecule has 2 N–H and O–H groups in total. The van der Waals surface area contributed by atoms with Gasteiger partial charge in [0.25, 0.3) is 0 Å². The zero-order chi connectivity index (χ0) is 15.4. The van der Waals surface area contributed by atoms with Crippen molar-refractivity contribution in [1.29, 1.82) is 0 Å². The molecule has 3 heterocycles. The van der Waals surface area contributed by atoms with E-state index in [2.05, 4.69) is 0 Å². The number of aliphatic hydroxyl groups excluding tert-OH is 1. The second-order valence-electron chi connectivity index (χ2n) is 5.05. The van der Waals surface area contributed by atoms with Crippen molar-refractivity contribution in [2.45, 2.75) is 18.3 Å². The van der Waals surface area contributed by atoms with Gasteiger partial charge in [0.05, 0.1) is 58.0 Å². The third-order valence-electron chi connectivity index (χ3n) is 3.14. The lowest BCUT2D eigenvalue weighted by Gasteiger charge is -2.23. The molecule has 2 unspecified atom stereocenters. The summed E-state index contributed by atoms with van der Waals surface area (Å²) in [5.41, 5.74) is 0. The third-order valence-corrected chi connectivity index (χ3v) is 3.14. The minimum atomic E-state index is -1.20. The molecule has 3 rings (SSSR count). The molecular weight excluding hydrogens is 301 g/mol. The summed E-state index contributed by atoms with van der Waals surface area (Å²) in [6.07, 6.45) is -1.28. The first kappa shape index (κ1) is 16.6. The largest absolute Gasteiger partial charge is 0.639 e. The molecule has 3 aliphatic rings. The Balaban J connectivity index is 1.27. The lowest BCUT2D eigenvalue weighted by atomic mass is 10.1. The summed E-state index contributed by atoms with van der Waals surface area (Å²) in [6.45, 7) is 1.30. The number of aliphatic hydroxyl groups is 1. The van der Waals surface area contributed by atoms with Gasteiger partial charge in [-0.1, -0.05) is 0 Å². The molecule has 0 spiro atoms. The van der Waals surface area contributed by atoms with Crippen molar-refractivity contribution in [3.05, 3.63) is 0 Å². The Bertz CT molecular complexity index is 344. The van der Waals surface area contributed by atoms with Crippen molar-refractivity contribution in [3.63, 3.8) is 0 Å². The van der Waals surface area contributed by atoms with Crippen molar-refractivity contribution in [2.24, 2.45) is 0 Å². The topological polar surface area (TPSA) is 114 Å². The van der Waals surface area contributed by atoms with Crippen LogP contribution in [0.15, 0.2) is 0 Å². The van der Waals surface area contributed by atoms with Crippen molar-refractivity contribution in [3.8, 4) is 0 Å². The summed E-state index contributed by atoms with van der Waals surface area (Å²) >= 11 is 0. The maximum atomic E-state index is 9.21. The van der Waals surface area contributed by atoms with Gasteiger partial charge in [-0.3, -0.25) is 0 Å². The van der Waals surface area contributed by atoms with Crippen LogP contribution in [-0.4, -0.2) is 90.0 Å². The summed E-state index contributed by atoms with van der Waals surface area (Å²) in [4.78, 5) is 0. The van der Waals surface area contributed by atoms with Crippen LogP contribution in [0.4, 0.5) is 0 Å². The quantitative estimate of drug-likeness (QED) is 0.498. The van der Waals surface area contributed by atoms with Crippen molar-refractivity contribution >= 4 is 22.0 Å². The average Bonchev–Trinajstić information content (AvgIpc) is 3.13. The number of hydrogen-bond acceptors (Lipinski definition) is 10. The van der Waals surface area contributed by atoms with E-state index in [0.717, 1.165) is 0 Å². The first-order valence-corrected chi connectivity index (χ1v) is 7.05. The fraction of sp³-hybridized carbons (Fsp3) is 1.00. The fourth-order valence-electron chi connectivity index (χ4n) is 2.06. The minimum Gasteiger partial charge on any atom is -0.402 e. The fourth-order valence-corrected chi connectivity index (χ4v) is 2.06. The molecule has 0 aliphatic carbocycles. The van der Waals surface area contributed by atoms with E-state index >= 15 is 0 Å². The van der Waals surface area contributed by atoms with Crippen molar-refractivity contribution in [2.75, 3.05) is 39.6 Å². The van der Waals surface area contributed by atoms with E-state index in [4.69, 9.17) is 42.3 Å². The van der Waals surface area contributed by atoms with E-state index in [-0.39, 0.29) is 45.2 Å². The average molecular weight is 318 g/mol. The van der Waals surface area contributed by atoms with Gasteiger partial charge in [-0.25, -0.2) is 0 Å². The highest BCUT2D eigenvalue weighted by atomic mass is 16.8.